The predicted molar refractivity (Wildman–Crippen MR) is 184 cm³/mol. The normalized spacial score (nSPS) is 12.8. The molecule has 0 fully saturated rings. The maximum Gasteiger partial charge on any atom is 0.231 e. The van der Waals surface area contributed by atoms with E-state index in [1.807, 2.05) is 18.2 Å². The molecule has 0 aliphatic carbocycles. The zero-order valence-electron chi connectivity index (χ0n) is 27.7. The maximum absolute atomic E-state index is 11.5. The molecule has 5 rings (SSSR count). The lowest BCUT2D eigenvalue weighted by molar-refractivity contribution is 0.444. The second-order valence-corrected chi connectivity index (χ2v) is 20.3. The van der Waals surface area contributed by atoms with E-state index in [0.717, 1.165) is 39.0 Å². The molecule has 0 atom stereocenters. The van der Waals surface area contributed by atoms with E-state index >= 15 is 0 Å². The van der Waals surface area contributed by atoms with Crippen LogP contribution in [-0.4, -0.2) is 23.1 Å². The predicted octanol–water partition coefficient (Wildman–Crippen LogP) is 10.2. The standard InChI is InChI=1S/C38H46N2O2Si/c1-23(2)24-17-25(19-26(18-24)32-16-15-28(22-39-32)43(9,10)11)29-13-12-14-33-34(29)40-36(42-33)30-20-27(37(3,4)5)21-31(35(30)41)38(6,7)8/h12-23,41H,1-11H3. The van der Waals surface area contributed by atoms with Gasteiger partial charge in [-0.05, 0) is 69.0 Å². The lowest BCUT2D eigenvalue weighted by Gasteiger charge is -2.27. The van der Waals surface area contributed by atoms with Gasteiger partial charge in [-0.2, -0.15) is 0 Å². The van der Waals surface area contributed by atoms with Crippen molar-refractivity contribution in [1.82, 2.24) is 9.97 Å². The summed E-state index contributed by atoms with van der Waals surface area (Å²) in [6.45, 7) is 24.4. The molecule has 0 unspecified atom stereocenters. The van der Waals surface area contributed by atoms with Gasteiger partial charge in [-0.15, -0.1) is 0 Å². The van der Waals surface area contributed by atoms with E-state index in [2.05, 4.69) is 124 Å². The fraction of sp³-hybridized carbons (Fsp3) is 0.368. The molecule has 0 saturated heterocycles. The monoisotopic (exact) mass is 590 g/mol. The van der Waals surface area contributed by atoms with Crippen molar-refractivity contribution in [3.05, 3.63) is 83.6 Å². The number of nitrogens with zero attached hydrogens (tertiary/aromatic N) is 2. The smallest absolute Gasteiger partial charge is 0.231 e. The molecule has 0 amide bonds. The summed E-state index contributed by atoms with van der Waals surface area (Å²) in [5, 5.41) is 12.9. The van der Waals surface area contributed by atoms with E-state index in [-0.39, 0.29) is 16.6 Å². The number of benzene rings is 3. The molecule has 0 radical (unpaired) electrons. The summed E-state index contributed by atoms with van der Waals surface area (Å²) in [4.78, 5) is 9.94. The quantitative estimate of drug-likeness (QED) is 0.207. The Balaban J connectivity index is 1.68. The molecular weight excluding hydrogens is 545 g/mol. The van der Waals surface area contributed by atoms with Crippen LogP contribution in [0.5, 0.6) is 5.75 Å². The Morgan fingerprint density at radius 1 is 0.791 bits per heavy atom. The van der Waals surface area contributed by atoms with Crippen molar-refractivity contribution in [3.63, 3.8) is 0 Å². The van der Waals surface area contributed by atoms with Crippen LogP contribution >= 0.6 is 0 Å². The van der Waals surface area contributed by atoms with Gasteiger partial charge in [0.25, 0.3) is 0 Å². The molecule has 4 nitrogen and oxygen atoms in total. The van der Waals surface area contributed by atoms with Gasteiger partial charge in [0.15, 0.2) is 5.58 Å². The number of para-hydroxylation sites is 1. The summed E-state index contributed by atoms with van der Waals surface area (Å²) in [7, 11) is -1.44. The average molecular weight is 591 g/mol. The molecule has 5 heteroatoms. The summed E-state index contributed by atoms with van der Waals surface area (Å²) < 4.78 is 6.39. The Bertz CT molecular complexity index is 1790. The summed E-state index contributed by atoms with van der Waals surface area (Å²) in [5.41, 5.74) is 9.16. The second kappa shape index (κ2) is 10.8. The third-order valence-corrected chi connectivity index (χ3v) is 10.3. The molecule has 0 aliphatic heterocycles. The Kier molecular flexibility index (Phi) is 7.71. The minimum Gasteiger partial charge on any atom is -0.507 e. The highest BCUT2D eigenvalue weighted by molar-refractivity contribution is 6.88. The summed E-state index contributed by atoms with van der Waals surface area (Å²) in [6, 6.07) is 21.3. The molecular formula is C38H46N2O2Si. The van der Waals surface area contributed by atoms with Crippen molar-refractivity contribution in [2.45, 2.75) is 91.8 Å². The maximum atomic E-state index is 11.5. The fourth-order valence-electron chi connectivity index (χ4n) is 5.40. The van der Waals surface area contributed by atoms with Crippen molar-refractivity contribution in [2.75, 3.05) is 0 Å². The number of phenols is 1. The van der Waals surface area contributed by atoms with Crippen LogP contribution in [-0.2, 0) is 10.8 Å². The second-order valence-electron chi connectivity index (χ2n) is 15.3. The van der Waals surface area contributed by atoms with Crippen molar-refractivity contribution in [2.24, 2.45) is 0 Å². The van der Waals surface area contributed by atoms with Crippen LogP contribution in [0.15, 0.2) is 71.3 Å². The largest absolute Gasteiger partial charge is 0.507 e. The van der Waals surface area contributed by atoms with Crippen LogP contribution in [0, 0.1) is 0 Å². The molecule has 0 bridgehead atoms. The first-order valence-electron chi connectivity index (χ1n) is 15.3. The van der Waals surface area contributed by atoms with Gasteiger partial charge < -0.3 is 9.52 Å². The van der Waals surface area contributed by atoms with Gasteiger partial charge in [-0.25, -0.2) is 4.98 Å². The van der Waals surface area contributed by atoms with Crippen LogP contribution in [0.4, 0.5) is 0 Å². The summed E-state index contributed by atoms with van der Waals surface area (Å²) >= 11 is 0. The van der Waals surface area contributed by atoms with Crippen LogP contribution < -0.4 is 5.19 Å². The minimum absolute atomic E-state index is 0.103. The number of pyridine rings is 1. The molecule has 0 aliphatic rings. The average Bonchev–Trinajstić information content (AvgIpc) is 3.35. The summed E-state index contributed by atoms with van der Waals surface area (Å²) in [5.74, 6) is 1.01. The van der Waals surface area contributed by atoms with Crippen LogP contribution in [0.2, 0.25) is 19.6 Å². The highest BCUT2D eigenvalue weighted by Crippen LogP contribution is 2.43. The highest BCUT2D eigenvalue weighted by Gasteiger charge is 2.27. The lowest BCUT2D eigenvalue weighted by Crippen LogP contribution is -2.37. The molecule has 0 saturated carbocycles. The van der Waals surface area contributed by atoms with Gasteiger partial charge in [-0.3, -0.25) is 4.98 Å². The lowest BCUT2D eigenvalue weighted by atomic mass is 9.79. The van der Waals surface area contributed by atoms with E-state index in [4.69, 9.17) is 14.4 Å². The SMILES string of the molecule is CC(C)c1cc(-c2ccc([Si](C)(C)C)cn2)cc(-c2cccc3oc(-c4cc(C(C)(C)C)cc(C(C)(C)C)c4O)nc23)c1. The number of oxazole rings is 1. The van der Waals surface area contributed by atoms with Crippen molar-refractivity contribution >= 4 is 24.4 Å². The summed E-state index contributed by atoms with van der Waals surface area (Å²) in [6.07, 6.45) is 2.05. The van der Waals surface area contributed by atoms with E-state index in [1.54, 1.807) is 0 Å². The first-order valence-corrected chi connectivity index (χ1v) is 18.8. The van der Waals surface area contributed by atoms with Crippen molar-refractivity contribution in [1.29, 1.82) is 0 Å². The van der Waals surface area contributed by atoms with Gasteiger partial charge in [0, 0.05) is 22.9 Å². The number of rotatable bonds is 5. The van der Waals surface area contributed by atoms with Crippen LogP contribution in [0.1, 0.15) is 78.0 Å². The molecule has 43 heavy (non-hydrogen) atoms. The Labute approximate surface area is 258 Å². The molecule has 0 spiro atoms. The highest BCUT2D eigenvalue weighted by atomic mass is 28.3. The van der Waals surface area contributed by atoms with Crippen molar-refractivity contribution < 1.29 is 9.52 Å². The van der Waals surface area contributed by atoms with Crippen molar-refractivity contribution in [3.8, 4) is 39.6 Å². The number of hydrogen-bond donors (Lipinski definition) is 1. The number of aromatic hydroxyl groups is 1. The molecule has 2 aromatic heterocycles. The van der Waals surface area contributed by atoms with Gasteiger partial charge >= 0.3 is 0 Å². The molecule has 1 N–H and O–H groups in total. The molecule has 2 heterocycles. The third kappa shape index (κ3) is 6.19. The number of phenolic OH excluding ortho intramolecular Hbond substituents is 1. The van der Waals surface area contributed by atoms with E-state index in [9.17, 15) is 5.11 Å². The third-order valence-electron chi connectivity index (χ3n) is 8.29. The first-order chi connectivity index (χ1) is 19.9. The van der Waals surface area contributed by atoms with Gasteiger partial charge in [0.1, 0.15) is 11.3 Å². The zero-order valence-corrected chi connectivity index (χ0v) is 28.7. The molecule has 5 aromatic rings. The van der Waals surface area contributed by atoms with Gasteiger partial charge in [0.05, 0.1) is 19.3 Å². The zero-order chi connectivity index (χ0) is 31.5. The molecule has 3 aromatic carbocycles. The van der Waals surface area contributed by atoms with Crippen LogP contribution in [0.25, 0.3) is 44.9 Å². The Hall–Kier alpha value is -3.70. The van der Waals surface area contributed by atoms with E-state index in [1.165, 1.54) is 10.8 Å². The Morgan fingerprint density at radius 3 is 2.07 bits per heavy atom. The first kappa shape index (κ1) is 30.7. The fourth-order valence-corrected chi connectivity index (χ4v) is 6.43. The number of hydrogen-bond acceptors (Lipinski definition) is 4. The number of fused-ring (bicyclic) bond motifs is 1. The van der Waals surface area contributed by atoms with Gasteiger partial charge in [0.2, 0.25) is 5.89 Å². The topological polar surface area (TPSA) is 59.2 Å². The molecule has 224 valence electrons. The number of aromatic nitrogens is 2. The van der Waals surface area contributed by atoms with E-state index < -0.39 is 8.07 Å². The Morgan fingerprint density at radius 2 is 1.49 bits per heavy atom. The minimum atomic E-state index is -1.44. The van der Waals surface area contributed by atoms with Crippen LogP contribution in [0.3, 0.4) is 0 Å². The van der Waals surface area contributed by atoms with E-state index in [0.29, 0.717) is 23.0 Å². The van der Waals surface area contributed by atoms with Gasteiger partial charge in [-0.1, -0.05) is 105 Å².